The highest BCUT2D eigenvalue weighted by Crippen LogP contribution is 2.22. The number of aliphatic carboxylic acids is 2. The van der Waals surface area contributed by atoms with Crippen molar-refractivity contribution < 1.29 is 19.8 Å². The molecule has 0 saturated heterocycles. The van der Waals surface area contributed by atoms with Gasteiger partial charge in [0.25, 0.3) is 0 Å². The minimum Gasteiger partial charge on any atom is -0.481 e. The summed E-state index contributed by atoms with van der Waals surface area (Å²) in [6, 6.07) is 0. The molecule has 0 fully saturated rings. The van der Waals surface area contributed by atoms with E-state index in [0.29, 0.717) is 12.8 Å². The number of carbonyl (C=O) groups is 2. The molecule has 0 aromatic carbocycles. The third kappa shape index (κ3) is 3.77. The molecule has 0 spiro atoms. The summed E-state index contributed by atoms with van der Waals surface area (Å²) >= 11 is 0. The normalized spacial score (nSPS) is 12.8. The van der Waals surface area contributed by atoms with Gasteiger partial charge in [0.2, 0.25) is 0 Å². The van der Waals surface area contributed by atoms with Crippen LogP contribution in [0.15, 0.2) is 0 Å². The van der Waals surface area contributed by atoms with Crippen molar-refractivity contribution in [1.29, 1.82) is 0 Å². The second-order valence-electron chi connectivity index (χ2n) is 3.46. The Hall–Kier alpha value is -1.06. The Labute approximate surface area is 83.9 Å². The fraction of sp³-hybridized carbons (Fsp3) is 0.800. The zero-order valence-corrected chi connectivity index (χ0v) is 8.69. The first-order chi connectivity index (χ1) is 6.54. The molecule has 1 atom stereocenters. The first-order valence-electron chi connectivity index (χ1n) is 5.00. The molecule has 0 aliphatic rings. The zero-order valence-electron chi connectivity index (χ0n) is 8.69. The third-order valence-electron chi connectivity index (χ3n) is 2.46. The van der Waals surface area contributed by atoms with E-state index in [1.165, 1.54) is 0 Å². The van der Waals surface area contributed by atoms with Gasteiger partial charge in [0.05, 0.1) is 0 Å². The van der Waals surface area contributed by atoms with Crippen LogP contribution in [0.4, 0.5) is 0 Å². The number of hydrogen-bond donors (Lipinski definition) is 2. The maximum atomic E-state index is 10.7. The van der Waals surface area contributed by atoms with Crippen molar-refractivity contribution in [3.8, 4) is 0 Å². The van der Waals surface area contributed by atoms with Gasteiger partial charge in [0.1, 0.15) is 0 Å². The van der Waals surface area contributed by atoms with Gasteiger partial charge < -0.3 is 10.2 Å². The molecular formula is C10H18O4. The fourth-order valence-corrected chi connectivity index (χ4v) is 1.58. The molecule has 1 unspecified atom stereocenters. The standard InChI is InChI=1S/C10H18O4/c1-3-5-6-7(4-2)8(9(11)12)10(13)14/h7-8H,3-6H2,1-2H3,(H,11,12)(H,13,14). The van der Waals surface area contributed by atoms with Gasteiger partial charge in [-0.15, -0.1) is 0 Å². The van der Waals surface area contributed by atoms with Crippen LogP contribution in [-0.2, 0) is 9.59 Å². The highest BCUT2D eigenvalue weighted by atomic mass is 16.4. The molecule has 0 bridgehead atoms. The van der Waals surface area contributed by atoms with Crippen molar-refractivity contribution in [2.24, 2.45) is 11.8 Å². The molecule has 0 amide bonds. The van der Waals surface area contributed by atoms with Crippen LogP contribution in [0.3, 0.4) is 0 Å². The molecular weight excluding hydrogens is 184 g/mol. The van der Waals surface area contributed by atoms with E-state index in [1.54, 1.807) is 0 Å². The quantitative estimate of drug-likeness (QED) is 0.619. The van der Waals surface area contributed by atoms with E-state index < -0.39 is 17.9 Å². The molecule has 0 aliphatic heterocycles. The smallest absolute Gasteiger partial charge is 0.318 e. The maximum absolute atomic E-state index is 10.7. The van der Waals surface area contributed by atoms with Gasteiger partial charge in [0.15, 0.2) is 5.92 Å². The third-order valence-corrected chi connectivity index (χ3v) is 2.46. The monoisotopic (exact) mass is 202 g/mol. The average molecular weight is 202 g/mol. The Kier molecular flexibility index (Phi) is 5.92. The molecule has 0 rings (SSSR count). The summed E-state index contributed by atoms with van der Waals surface area (Å²) in [7, 11) is 0. The molecule has 0 aliphatic carbocycles. The average Bonchev–Trinajstić information content (AvgIpc) is 2.10. The van der Waals surface area contributed by atoms with E-state index in [9.17, 15) is 9.59 Å². The Balaban J connectivity index is 4.42. The van der Waals surface area contributed by atoms with E-state index in [-0.39, 0.29) is 5.92 Å². The van der Waals surface area contributed by atoms with Crippen molar-refractivity contribution in [2.75, 3.05) is 0 Å². The minimum absolute atomic E-state index is 0.245. The van der Waals surface area contributed by atoms with Gasteiger partial charge in [0, 0.05) is 0 Å². The summed E-state index contributed by atoms with van der Waals surface area (Å²) in [4.78, 5) is 21.4. The van der Waals surface area contributed by atoms with Crippen LogP contribution in [0.2, 0.25) is 0 Å². The molecule has 2 N–H and O–H groups in total. The molecule has 0 aromatic rings. The van der Waals surface area contributed by atoms with Gasteiger partial charge in [-0.05, 0) is 12.3 Å². The number of hydrogen-bond acceptors (Lipinski definition) is 2. The van der Waals surface area contributed by atoms with E-state index in [2.05, 4.69) is 0 Å². The van der Waals surface area contributed by atoms with Crippen LogP contribution in [0.5, 0.6) is 0 Å². The summed E-state index contributed by atoms with van der Waals surface area (Å²) in [5, 5.41) is 17.5. The summed E-state index contributed by atoms with van der Waals surface area (Å²) in [5.41, 5.74) is 0. The molecule has 0 heterocycles. The predicted molar refractivity (Wildman–Crippen MR) is 52.1 cm³/mol. The van der Waals surface area contributed by atoms with Crippen molar-refractivity contribution in [1.82, 2.24) is 0 Å². The summed E-state index contributed by atoms with van der Waals surface area (Å²) in [6.07, 6.45) is 3.12. The lowest BCUT2D eigenvalue weighted by atomic mass is 9.86. The van der Waals surface area contributed by atoms with Crippen molar-refractivity contribution >= 4 is 11.9 Å². The fourth-order valence-electron chi connectivity index (χ4n) is 1.58. The molecule has 0 aromatic heterocycles. The minimum atomic E-state index is -1.24. The number of carboxylic acid groups (broad SMARTS) is 2. The topological polar surface area (TPSA) is 74.6 Å². The second-order valence-corrected chi connectivity index (χ2v) is 3.46. The van der Waals surface area contributed by atoms with Crippen LogP contribution in [0.1, 0.15) is 39.5 Å². The van der Waals surface area contributed by atoms with Gasteiger partial charge in [-0.25, -0.2) is 0 Å². The summed E-state index contributed by atoms with van der Waals surface area (Å²) in [5.74, 6) is -3.93. The molecule has 0 saturated carbocycles. The van der Waals surface area contributed by atoms with Crippen molar-refractivity contribution in [3.05, 3.63) is 0 Å². The Bertz CT molecular complexity index is 186. The van der Waals surface area contributed by atoms with E-state index in [0.717, 1.165) is 12.8 Å². The second kappa shape index (κ2) is 6.40. The lowest BCUT2D eigenvalue weighted by Gasteiger charge is -2.18. The highest BCUT2D eigenvalue weighted by molar-refractivity contribution is 5.93. The zero-order chi connectivity index (χ0) is 11.1. The van der Waals surface area contributed by atoms with Crippen LogP contribution in [0, 0.1) is 11.8 Å². The largest absolute Gasteiger partial charge is 0.481 e. The van der Waals surface area contributed by atoms with Gasteiger partial charge >= 0.3 is 11.9 Å². The summed E-state index contributed by atoms with van der Waals surface area (Å²) in [6.45, 7) is 3.84. The number of unbranched alkanes of at least 4 members (excludes halogenated alkanes) is 1. The van der Waals surface area contributed by atoms with Crippen molar-refractivity contribution in [2.45, 2.75) is 39.5 Å². The molecule has 82 valence electrons. The van der Waals surface area contributed by atoms with E-state index in [4.69, 9.17) is 10.2 Å². The summed E-state index contributed by atoms with van der Waals surface area (Å²) < 4.78 is 0. The SMILES string of the molecule is CCCCC(CC)C(C(=O)O)C(=O)O. The van der Waals surface area contributed by atoms with Crippen molar-refractivity contribution in [3.63, 3.8) is 0 Å². The highest BCUT2D eigenvalue weighted by Gasteiger charge is 2.32. The van der Waals surface area contributed by atoms with Gasteiger partial charge in [-0.1, -0.05) is 33.1 Å². The van der Waals surface area contributed by atoms with Gasteiger partial charge in [-0.3, -0.25) is 9.59 Å². The maximum Gasteiger partial charge on any atom is 0.318 e. The van der Waals surface area contributed by atoms with Crippen LogP contribution >= 0.6 is 0 Å². The first-order valence-corrected chi connectivity index (χ1v) is 5.00. The Morgan fingerprint density at radius 2 is 1.64 bits per heavy atom. The number of carboxylic acids is 2. The van der Waals surface area contributed by atoms with E-state index >= 15 is 0 Å². The molecule has 0 radical (unpaired) electrons. The first kappa shape index (κ1) is 12.9. The van der Waals surface area contributed by atoms with E-state index in [1.807, 2.05) is 13.8 Å². The molecule has 4 nitrogen and oxygen atoms in total. The molecule has 14 heavy (non-hydrogen) atoms. The lowest BCUT2D eigenvalue weighted by Crippen LogP contribution is -2.31. The number of rotatable bonds is 7. The van der Waals surface area contributed by atoms with Crippen LogP contribution in [0.25, 0.3) is 0 Å². The lowest BCUT2D eigenvalue weighted by molar-refractivity contribution is -0.157. The van der Waals surface area contributed by atoms with Gasteiger partial charge in [-0.2, -0.15) is 0 Å². The van der Waals surface area contributed by atoms with Crippen LogP contribution < -0.4 is 0 Å². The Morgan fingerprint density at radius 1 is 1.14 bits per heavy atom. The Morgan fingerprint density at radius 3 is 1.93 bits per heavy atom. The molecule has 4 heteroatoms. The predicted octanol–water partition coefficient (Wildman–Crippen LogP) is 1.99. The van der Waals surface area contributed by atoms with Crippen LogP contribution in [-0.4, -0.2) is 22.2 Å².